The van der Waals surface area contributed by atoms with Crippen LogP contribution in [0.25, 0.3) is 0 Å². The van der Waals surface area contributed by atoms with Gasteiger partial charge in [0.25, 0.3) is 0 Å². The quantitative estimate of drug-likeness (QED) is 0.395. The molecule has 0 aliphatic rings. The van der Waals surface area contributed by atoms with Crippen LogP contribution in [0.1, 0.15) is 42.9 Å². The molecule has 1 atom stereocenters. The monoisotopic (exact) mass is 404 g/mol. The molecule has 1 unspecified atom stereocenters. The van der Waals surface area contributed by atoms with E-state index in [1.54, 1.807) is 0 Å². The Morgan fingerprint density at radius 2 is 1.43 bits per heavy atom. The predicted molar refractivity (Wildman–Crippen MR) is 118 cm³/mol. The van der Waals surface area contributed by atoms with Crippen molar-refractivity contribution in [3.63, 3.8) is 0 Å². The van der Waals surface area contributed by atoms with Gasteiger partial charge < -0.3 is 14.2 Å². The summed E-state index contributed by atoms with van der Waals surface area (Å²) in [5.74, 6) is 1.22. The number of carbonyl (C=O) groups excluding carboxylic acids is 1. The minimum atomic E-state index is -0.205. The summed E-state index contributed by atoms with van der Waals surface area (Å²) in [5, 5.41) is 0. The number of esters is 1. The molecule has 0 aliphatic carbocycles. The third-order valence-electron chi connectivity index (χ3n) is 4.78. The van der Waals surface area contributed by atoms with Gasteiger partial charge in [-0.1, -0.05) is 73.7 Å². The maximum Gasteiger partial charge on any atom is 0.306 e. The number of rotatable bonds is 10. The summed E-state index contributed by atoms with van der Waals surface area (Å²) in [6.45, 7) is 5.13. The molecule has 30 heavy (non-hydrogen) atoms. The van der Waals surface area contributed by atoms with Crippen LogP contribution in [-0.2, 0) is 22.7 Å². The van der Waals surface area contributed by atoms with Gasteiger partial charge in [-0.3, -0.25) is 4.79 Å². The number of hydrogen-bond acceptors (Lipinski definition) is 4. The predicted octanol–water partition coefficient (Wildman–Crippen LogP) is 5.90. The van der Waals surface area contributed by atoms with Crippen LogP contribution >= 0.6 is 0 Å². The van der Waals surface area contributed by atoms with Crippen molar-refractivity contribution >= 4 is 5.97 Å². The smallest absolute Gasteiger partial charge is 0.306 e. The molecule has 3 aromatic rings. The third kappa shape index (κ3) is 6.38. The van der Waals surface area contributed by atoms with Crippen molar-refractivity contribution < 1.29 is 19.0 Å². The highest BCUT2D eigenvalue weighted by Crippen LogP contribution is 2.33. The second-order valence-electron chi connectivity index (χ2n) is 7.16. The summed E-state index contributed by atoms with van der Waals surface area (Å²) in [6.07, 6.45) is 0.305. The third-order valence-corrected chi connectivity index (χ3v) is 4.78. The lowest BCUT2D eigenvalue weighted by Crippen LogP contribution is -2.10. The fourth-order valence-electron chi connectivity index (χ4n) is 3.19. The molecule has 0 bridgehead atoms. The van der Waals surface area contributed by atoms with Crippen LogP contribution in [0.5, 0.6) is 11.5 Å². The standard InChI is InChI=1S/C26H28O4/c1-3-28-26(27)16-20(2)24-15-14-23(29-18-21-10-6-4-7-11-21)17-25(24)30-19-22-12-8-5-9-13-22/h4-15,17,20H,3,16,18-19H2,1-2H3. The van der Waals surface area contributed by atoms with Crippen LogP contribution < -0.4 is 9.47 Å². The van der Waals surface area contributed by atoms with E-state index in [1.807, 2.05) is 92.7 Å². The largest absolute Gasteiger partial charge is 0.489 e. The fraction of sp³-hybridized carbons (Fsp3) is 0.269. The van der Waals surface area contributed by atoms with Gasteiger partial charge in [0.1, 0.15) is 24.7 Å². The minimum absolute atomic E-state index is 0.0296. The van der Waals surface area contributed by atoms with Gasteiger partial charge in [-0.15, -0.1) is 0 Å². The molecule has 0 N–H and O–H groups in total. The van der Waals surface area contributed by atoms with Crippen molar-refractivity contribution in [3.05, 3.63) is 95.6 Å². The Hall–Kier alpha value is -3.27. The number of hydrogen-bond donors (Lipinski definition) is 0. The maximum absolute atomic E-state index is 12.0. The molecule has 0 amide bonds. The second kappa shape index (κ2) is 11.1. The van der Waals surface area contributed by atoms with Gasteiger partial charge in [-0.05, 0) is 35.6 Å². The van der Waals surface area contributed by atoms with E-state index in [1.165, 1.54) is 0 Å². The molecule has 0 aliphatic heterocycles. The van der Waals surface area contributed by atoms with Crippen LogP contribution in [0.4, 0.5) is 0 Å². The van der Waals surface area contributed by atoms with Crippen molar-refractivity contribution in [1.29, 1.82) is 0 Å². The van der Waals surface area contributed by atoms with E-state index in [2.05, 4.69) is 0 Å². The molecule has 0 saturated heterocycles. The summed E-state index contributed by atoms with van der Waals surface area (Å²) in [7, 11) is 0. The summed E-state index contributed by atoms with van der Waals surface area (Å²) < 4.78 is 17.2. The van der Waals surface area contributed by atoms with E-state index in [9.17, 15) is 4.79 Å². The first-order chi connectivity index (χ1) is 14.7. The molecule has 4 nitrogen and oxygen atoms in total. The molecule has 156 valence electrons. The van der Waals surface area contributed by atoms with Crippen molar-refractivity contribution in [2.24, 2.45) is 0 Å². The molecule has 0 spiro atoms. The fourth-order valence-corrected chi connectivity index (χ4v) is 3.19. The highest BCUT2D eigenvalue weighted by Gasteiger charge is 2.17. The molecule has 0 aromatic heterocycles. The van der Waals surface area contributed by atoms with Crippen LogP contribution in [0.3, 0.4) is 0 Å². The molecular formula is C26H28O4. The molecule has 3 aromatic carbocycles. The van der Waals surface area contributed by atoms with E-state index in [4.69, 9.17) is 14.2 Å². The van der Waals surface area contributed by atoms with Crippen LogP contribution in [-0.4, -0.2) is 12.6 Å². The normalized spacial score (nSPS) is 11.5. The Morgan fingerprint density at radius 1 is 0.833 bits per heavy atom. The van der Waals surface area contributed by atoms with Crippen molar-refractivity contribution in [1.82, 2.24) is 0 Å². The van der Waals surface area contributed by atoms with Gasteiger partial charge in [-0.25, -0.2) is 0 Å². The van der Waals surface area contributed by atoms with Crippen molar-refractivity contribution in [2.45, 2.75) is 39.4 Å². The summed E-state index contributed by atoms with van der Waals surface area (Å²) >= 11 is 0. The Kier molecular flexibility index (Phi) is 7.90. The molecule has 0 saturated carbocycles. The first kappa shape index (κ1) is 21.4. The molecule has 0 heterocycles. The molecule has 0 radical (unpaired) electrons. The zero-order chi connectivity index (χ0) is 21.2. The van der Waals surface area contributed by atoms with Crippen molar-refractivity contribution in [2.75, 3.05) is 6.61 Å². The maximum atomic E-state index is 12.0. The van der Waals surface area contributed by atoms with Crippen LogP contribution in [0.2, 0.25) is 0 Å². The molecular weight excluding hydrogens is 376 g/mol. The molecule has 4 heteroatoms. The van der Waals surface area contributed by atoms with E-state index in [0.717, 1.165) is 28.2 Å². The lowest BCUT2D eigenvalue weighted by atomic mass is 9.96. The van der Waals surface area contributed by atoms with Gasteiger partial charge in [0.05, 0.1) is 13.0 Å². The highest BCUT2D eigenvalue weighted by molar-refractivity contribution is 5.70. The second-order valence-corrected chi connectivity index (χ2v) is 7.16. The zero-order valence-corrected chi connectivity index (χ0v) is 17.5. The average molecular weight is 405 g/mol. The number of benzene rings is 3. The summed E-state index contributed by atoms with van der Waals surface area (Å²) in [6, 6.07) is 25.8. The van der Waals surface area contributed by atoms with Crippen molar-refractivity contribution in [3.8, 4) is 11.5 Å². The Morgan fingerprint density at radius 3 is 2.03 bits per heavy atom. The molecule has 3 rings (SSSR count). The van der Waals surface area contributed by atoms with Gasteiger partial charge in [0.15, 0.2) is 0 Å². The number of ether oxygens (including phenoxy) is 3. The average Bonchev–Trinajstić information content (AvgIpc) is 2.78. The highest BCUT2D eigenvalue weighted by atomic mass is 16.5. The Bertz CT molecular complexity index is 922. The van der Waals surface area contributed by atoms with E-state index in [-0.39, 0.29) is 11.9 Å². The van der Waals surface area contributed by atoms with Gasteiger partial charge >= 0.3 is 5.97 Å². The van der Waals surface area contributed by atoms with E-state index < -0.39 is 0 Å². The zero-order valence-electron chi connectivity index (χ0n) is 17.5. The Labute approximate surface area is 178 Å². The first-order valence-electron chi connectivity index (χ1n) is 10.3. The van der Waals surface area contributed by atoms with Gasteiger partial charge in [0, 0.05) is 6.07 Å². The lowest BCUT2D eigenvalue weighted by molar-refractivity contribution is -0.143. The van der Waals surface area contributed by atoms with E-state index in [0.29, 0.717) is 26.2 Å². The van der Waals surface area contributed by atoms with Gasteiger partial charge in [-0.2, -0.15) is 0 Å². The number of carbonyl (C=O) groups is 1. The van der Waals surface area contributed by atoms with Gasteiger partial charge in [0.2, 0.25) is 0 Å². The SMILES string of the molecule is CCOC(=O)CC(C)c1ccc(OCc2ccccc2)cc1OCc1ccccc1. The van der Waals surface area contributed by atoms with Crippen LogP contribution in [0.15, 0.2) is 78.9 Å². The lowest BCUT2D eigenvalue weighted by Gasteiger charge is -2.18. The summed E-state index contributed by atoms with van der Waals surface area (Å²) in [4.78, 5) is 12.0. The minimum Gasteiger partial charge on any atom is -0.489 e. The first-order valence-corrected chi connectivity index (χ1v) is 10.3. The van der Waals surface area contributed by atoms with Crippen LogP contribution in [0, 0.1) is 0 Å². The topological polar surface area (TPSA) is 44.8 Å². The molecule has 0 fully saturated rings. The van der Waals surface area contributed by atoms with E-state index >= 15 is 0 Å². The Balaban J connectivity index is 1.76. The summed E-state index contributed by atoms with van der Waals surface area (Å²) in [5.41, 5.74) is 3.15.